The van der Waals surface area contributed by atoms with Crippen LogP contribution in [0.2, 0.25) is 0 Å². The fourth-order valence-electron chi connectivity index (χ4n) is 1.80. The molecule has 4 nitrogen and oxygen atoms in total. The van der Waals surface area contributed by atoms with Gasteiger partial charge in [0.05, 0.1) is 12.7 Å². The van der Waals surface area contributed by atoms with Gasteiger partial charge < -0.3 is 15.2 Å². The number of aromatic nitrogens is 1. The van der Waals surface area contributed by atoms with Crippen LogP contribution in [0.1, 0.15) is 24.8 Å². The molecule has 1 heterocycles. The number of pyridine rings is 1. The number of aryl methyl sites for hydroxylation is 1. The van der Waals surface area contributed by atoms with Crippen molar-refractivity contribution in [2.45, 2.75) is 37.8 Å². The van der Waals surface area contributed by atoms with E-state index < -0.39 is 0 Å². The quantitative estimate of drug-likeness (QED) is 0.645. The van der Waals surface area contributed by atoms with Crippen LogP contribution in [0.15, 0.2) is 24.5 Å². The molecule has 0 bridgehead atoms. The first-order chi connectivity index (χ1) is 8.84. The molecule has 1 atom stereocenters. The van der Waals surface area contributed by atoms with Gasteiger partial charge >= 0.3 is 0 Å². The van der Waals surface area contributed by atoms with Gasteiger partial charge in [0.1, 0.15) is 0 Å². The van der Waals surface area contributed by atoms with E-state index in [1.807, 2.05) is 24.5 Å². The normalized spacial score (nSPS) is 16.7. The van der Waals surface area contributed by atoms with Crippen LogP contribution in [-0.4, -0.2) is 42.0 Å². The third kappa shape index (κ3) is 5.58. The zero-order valence-corrected chi connectivity index (χ0v) is 10.7. The number of aliphatic hydroxyl groups is 1. The summed E-state index contributed by atoms with van der Waals surface area (Å²) >= 11 is 0. The van der Waals surface area contributed by atoms with E-state index in [2.05, 4.69) is 10.3 Å². The lowest BCUT2D eigenvalue weighted by atomic mass is 10.1. The number of hydrogen-bond acceptors (Lipinski definition) is 4. The van der Waals surface area contributed by atoms with Crippen molar-refractivity contribution in [1.29, 1.82) is 0 Å². The molecule has 0 spiro atoms. The van der Waals surface area contributed by atoms with Gasteiger partial charge in [0.25, 0.3) is 0 Å². The number of aliphatic hydroxyl groups excluding tert-OH is 1. The Balaban J connectivity index is 1.45. The fourth-order valence-corrected chi connectivity index (χ4v) is 1.80. The lowest BCUT2D eigenvalue weighted by Gasteiger charge is -2.11. The molecule has 0 radical (unpaired) electrons. The molecule has 0 saturated heterocycles. The lowest BCUT2D eigenvalue weighted by molar-refractivity contribution is 0.0360. The molecule has 1 aromatic rings. The third-order valence-corrected chi connectivity index (χ3v) is 3.03. The van der Waals surface area contributed by atoms with Crippen molar-refractivity contribution >= 4 is 0 Å². The summed E-state index contributed by atoms with van der Waals surface area (Å²) in [5.74, 6) is 0. The summed E-state index contributed by atoms with van der Waals surface area (Å²) < 4.78 is 5.46. The molecule has 1 aromatic heterocycles. The van der Waals surface area contributed by atoms with Gasteiger partial charge in [0.15, 0.2) is 0 Å². The third-order valence-electron chi connectivity index (χ3n) is 3.03. The van der Waals surface area contributed by atoms with Crippen molar-refractivity contribution in [2.75, 3.05) is 19.8 Å². The molecule has 1 aliphatic rings. The summed E-state index contributed by atoms with van der Waals surface area (Å²) in [5.41, 5.74) is 1.28. The maximum absolute atomic E-state index is 9.65. The Morgan fingerprint density at radius 3 is 2.89 bits per heavy atom. The van der Waals surface area contributed by atoms with Gasteiger partial charge in [-0.1, -0.05) is 0 Å². The van der Waals surface area contributed by atoms with E-state index in [0.717, 1.165) is 12.8 Å². The monoisotopic (exact) mass is 250 g/mol. The minimum absolute atomic E-state index is 0.383. The minimum Gasteiger partial charge on any atom is -0.389 e. The van der Waals surface area contributed by atoms with Gasteiger partial charge in [0.2, 0.25) is 0 Å². The van der Waals surface area contributed by atoms with Crippen molar-refractivity contribution in [1.82, 2.24) is 10.3 Å². The summed E-state index contributed by atoms with van der Waals surface area (Å²) in [6.45, 7) is 1.77. The van der Waals surface area contributed by atoms with Crippen LogP contribution < -0.4 is 5.32 Å². The lowest BCUT2D eigenvalue weighted by Crippen LogP contribution is -2.31. The highest BCUT2D eigenvalue weighted by Crippen LogP contribution is 2.18. The molecule has 1 unspecified atom stereocenters. The van der Waals surface area contributed by atoms with E-state index in [1.54, 1.807) is 0 Å². The first-order valence-electron chi connectivity index (χ1n) is 6.72. The molecular weight excluding hydrogens is 228 g/mol. The Morgan fingerprint density at radius 1 is 1.39 bits per heavy atom. The number of nitrogens with one attached hydrogen (secondary N) is 1. The largest absolute Gasteiger partial charge is 0.389 e. The predicted octanol–water partition coefficient (Wildman–Crippen LogP) is 1.14. The molecule has 100 valence electrons. The number of rotatable bonds is 9. The molecule has 0 aliphatic heterocycles. The Labute approximate surface area is 108 Å². The second-order valence-corrected chi connectivity index (χ2v) is 4.87. The maximum atomic E-state index is 9.65. The van der Waals surface area contributed by atoms with Crippen LogP contribution in [0, 0.1) is 0 Å². The average Bonchev–Trinajstić information content (AvgIpc) is 3.21. The highest BCUT2D eigenvalue weighted by atomic mass is 16.5. The summed E-state index contributed by atoms with van der Waals surface area (Å²) in [6, 6.07) is 4.69. The van der Waals surface area contributed by atoms with E-state index in [0.29, 0.717) is 25.8 Å². The molecule has 0 amide bonds. The van der Waals surface area contributed by atoms with Crippen LogP contribution in [0.5, 0.6) is 0 Å². The first-order valence-corrected chi connectivity index (χ1v) is 6.72. The molecule has 1 saturated carbocycles. The van der Waals surface area contributed by atoms with Crippen molar-refractivity contribution in [3.8, 4) is 0 Å². The maximum Gasteiger partial charge on any atom is 0.0897 e. The Morgan fingerprint density at radius 2 is 2.17 bits per heavy atom. The molecular formula is C14H22N2O2. The van der Waals surface area contributed by atoms with Gasteiger partial charge in [-0.15, -0.1) is 0 Å². The van der Waals surface area contributed by atoms with E-state index in [4.69, 9.17) is 4.74 Å². The van der Waals surface area contributed by atoms with Gasteiger partial charge in [-0.2, -0.15) is 0 Å². The van der Waals surface area contributed by atoms with E-state index in [1.165, 1.54) is 18.4 Å². The molecule has 1 fully saturated rings. The van der Waals surface area contributed by atoms with Crippen LogP contribution in [0.4, 0.5) is 0 Å². The van der Waals surface area contributed by atoms with Crippen molar-refractivity contribution in [3.05, 3.63) is 30.1 Å². The predicted molar refractivity (Wildman–Crippen MR) is 70.4 cm³/mol. The fraction of sp³-hybridized carbons (Fsp3) is 0.643. The minimum atomic E-state index is -0.383. The zero-order chi connectivity index (χ0) is 12.6. The molecule has 4 heteroatoms. The number of nitrogens with zero attached hydrogens (tertiary/aromatic N) is 1. The number of hydrogen-bond donors (Lipinski definition) is 2. The Kier molecular flexibility index (Phi) is 5.58. The van der Waals surface area contributed by atoms with Gasteiger partial charge in [-0.3, -0.25) is 4.98 Å². The number of ether oxygens (including phenoxy) is 1. The summed E-state index contributed by atoms with van der Waals surface area (Å²) in [7, 11) is 0. The zero-order valence-electron chi connectivity index (χ0n) is 10.7. The molecule has 1 aliphatic carbocycles. The van der Waals surface area contributed by atoms with Crippen LogP contribution in [0.3, 0.4) is 0 Å². The smallest absolute Gasteiger partial charge is 0.0897 e. The second-order valence-electron chi connectivity index (χ2n) is 4.87. The van der Waals surface area contributed by atoms with Gasteiger partial charge in [0, 0.05) is 31.6 Å². The summed E-state index contributed by atoms with van der Waals surface area (Å²) in [5, 5.41) is 12.9. The molecule has 2 N–H and O–H groups in total. The molecule has 18 heavy (non-hydrogen) atoms. The van der Waals surface area contributed by atoms with Gasteiger partial charge in [-0.25, -0.2) is 0 Å². The standard InChI is InChI=1S/C14H22N2O2/c17-14(10-16-13-3-4-13)11-18-9-1-2-12-5-7-15-8-6-12/h5-8,13-14,16-17H,1-4,9-11H2. The second kappa shape index (κ2) is 7.46. The highest BCUT2D eigenvalue weighted by molar-refractivity contribution is 5.09. The van der Waals surface area contributed by atoms with Crippen molar-refractivity contribution < 1.29 is 9.84 Å². The molecule has 0 aromatic carbocycles. The van der Waals surface area contributed by atoms with Crippen LogP contribution in [-0.2, 0) is 11.2 Å². The van der Waals surface area contributed by atoms with Crippen LogP contribution in [0.25, 0.3) is 0 Å². The molecule has 2 rings (SSSR count). The van der Waals surface area contributed by atoms with E-state index in [9.17, 15) is 5.11 Å². The van der Waals surface area contributed by atoms with E-state index >= 15 is 0 Å². The average molecular weight is 250 g/mol. The first kappa shape index (κ1) is 13.5. The SMILES string of the molecule is OC(CNC1CC1)COCCCc1ccncc1. The van der Waals surface area contributed by atoms with Crippen LogP contribution >= 0.6 is 0 Å². The summed E-state index contributed by atoms with van der Waals surface area (Å²) in [4.78, 5) is 3.98. The summed E-state index contributed by atoms with van der Waals surface area (Å²) in [6.07, 6.45) is 7.71. The van der Waals surface area contributed by atoms with E-state index in [-0.39, 0.29) is 6.10 Å². The topological polar surface area (TPSA) is 54.4 Å². The van der Waals surface area contributed by atoms with Crippen molar-refractivity contribution in [2.24, 2.45) is 0 Å². The highest BCUT2D eigenvalue weighted by Gasteiger charge is 2.21. The van der Waals surface area contributed by atoms with Crippen molar-refractivity contribution in [3.63, 3.8) is 0 Å². The Hall–Kier alpha value is -0.970. The van der Waals surface area contributed by atoms with Gasteiger partial charge in [-0.05, 0) is 43.4 Å². The Bertz CT molecular complexity index is 328.